The molecule has 1 spiro atoms. The zero-order valence-corrected chi connectivity index (χ0v) is 21.3. The Bertz CT molecular complexity index is 795. The quantitative estimate of drug-likeness (QED) is 0.244. The maximum Gasteiger partial charge on any atom is 0.350 e. The van der Waals surface area contributed by atoms with E-state index < -0.39 is 0 Å². The number of carbonyl (C=O) groups is 1. The fraction of sp³-hybridized carbons (Fsp3) is 0.762. The van der Waals surface area contributed by atoms with Crippen LogP contribution in [0.4, 0.5) is 0 Å². The molecule has 1 aromatic rings. The molecule has 1 aromatic heterocycles. The van der Waals surface area contributed by atoms with E-state index in [0.29, 0.717) is 41.5 Å². The van der Waals surface area contributed by atoms with Crippen LogP contribution in [0.15, 0.2) is 4.99 Å². The second kappa shape index (κ2) is 9.68. The molecular formula is C21H33IN4O3S. The minimum Gasteiger partial charge on any atom is -0.462 e. The maximum absolute atomic E-state index is 12.1. The summed E-state index contributed by atoms with van der Waals surface area (Å²) in [5, 5.41) is 8.10. The highest BCUT2D eigenvalue weighted by Gasteiger charge is 2.66. The van der Waals surface area contributed by atoms with Crippen molar-refractivity contribution < 1.29 is 14.3 Å². The third kappa shape index (κ3) is 4.09. The van der Waals surface area contributed by atoms with Crippen LogP contribution in [-0.4, -0.2) is 48.8 Å². The van der Waals surface area contributed by atoms with Gasteiger partial charge in [-0.15, -0.1) is 35.3 Å². The molecule has 4 atom stereocenters. The summed E-state index contributed by atoms with van der Waals surface area (Å²) in [6.07, 6.45) is 5.35. The van der Waals surface area contributed by atoms with E-state index in [4.69, 9.17) is 9.47 Å². The number of halogens is 1. The molecule has 2 aliphatic carbocycles. The van der Waals surface area contributed by atoms with E-state index in [1.165, 1.54) is 30.6 Å². The van der Waals surface area contributed by atoms with E-state index in [9.17, 15) is 4.79 Å². The van der Waals surface area contributed by atoms with Gasteiger partial charge in [0, 0.05) is 30.5 Å². The average Bonchev–Trinajstić information content (AvgIpc) is 3.23. The first-order valence-electron chi connectivity index (χ1n) is 10.8. The molecule has 0 radical (unpaired) electrons. The zero-order chi connectivity index (χ0) is 20.6. The molecular weight excluding hydrogens is 515 g/mol. The van der Waals surface area contributed by atoms with Crippen molar-refractivity contribution in [3.8, 4) is 0 Å². The summed E-state index contributed by atoms with van der Waals surface area (Å²) in [6, 6.07) is 0.384. The summed E-state index contributed by atoms with van der Waals surface area (Å²) in [6.45, 7) is 9.72. The van der Waals surface area contributed by atoms with Crippen molar-refractivity contribution in [3.63, 3.8) is 0 Å². The van der Waals surface area contributed by atoms with Crippen LogP contribution in [0, 0.1) is 18.3 Å². The number of thiazole rings is 1. The molecule has 0 bridgehead atoms. The molecule has 0 amide bonds. The molecule has 3 aliphatic rings. The van der Waals surface area contributed by atoms with Gasteiger partial charge in [0.25, 0.3) is 0 Å². The Morgan fingerprint density at radius 3 is 2.83 bits per heavy atom. The Kier molecular flexibility index (Phi) is 7.66. The van der Waals surface area contributed by atoms with E-state index in [1.54, 1.807) is 0 Å². The second-order valence-corrected chi connectivity index (χ2v) is 9.36. The molecule has 2 heterocycles. The molecule has 168 valence electrons. The molecule has 1 saturated heterocycles. The molecule has 0 aromatic carbocycles. The number of aromatic nitrogens is 1. The third-order valence-corrected chi connectivity index (χ3v) is 7.96. The van der Waals surface area contributed by atoms with Gasteiger partial charge in [0.1, 0.15) is 9.88 Å². The largest absolute Gasteiger partial charge is 0.462 e. The minimum absolute atomic E-state index is 0. The lowest BCUT2D eigenvalue weighted by Crippen LogP contribution is -2.72. The summed E-state index contributed by atoms with van der Waals surface area (Å²) >= 11 is 1.39. The predicted octanol–water partition coefficient (Wildman–Crippen LogP) is 3.82. The first-order chi connectivity index (χ1) is 14.0. The first-order valence-corrected chi connectivity index (χ1v) is 11.7. The third-order valence-electron chi connectivity index (χ3n) is 6.64. The number of nitrogens with one attached hydrogen (secondary N) is 2. The van der Waals surface area contributed by atoms with E-state index in [1.807, 2.05) is 20.8 Å². The number of ether oxygens (including phenoxy) is 2. The van der Waals surface area contributed by atoms with Crippen molar-refractivity contribution in [2.45, 2.75) is 71.6 Å². The lowest BCUT2D eigenvalue weighted by Gasteiger charge is -2.63. The van der Waals surface area contributed by atoms with Crippen molar-refractivity contribution in [3.05, 3.63) is 15.6 Å². The lowest BCUT2D eigenvalue weighted by molar-refractivity contribution is -0.171. The van der Waals surface area contributed by atoms with Crippen LogP contribution >= 0.6 is 35.3 Å². The standard InChI is InChI=1S/C21H32N4O3S.HI/c1-5-22-20(25-16-14-8-11-28-17(14)21(16)9-7-10-21)24-13(4)18-23-12(3)15(29-18)19(26)27-6-2;/h13-14,16-17H,5-11H2,1-4H3,(H2,22,24,25);1H. The summed E-state index contributed by atoms with van der Waals surface area (Å²) in [5.74, 6) is 1.12. The Hall–Kier alpha value is -0.940. The smallest absolute Gasteiger partial charge is 0.350 e. The normalized spacial score (nSPS) is 27.3. The summed E-state index contributed by atoms with van der Waals surface area (Å²) in [7, 11) is 0. The Morgan fingerprint density at radius 2 is 2.20 bits per heavy atom. The van der Waals surface area contributed by atoms with E-state index in [0.717, 1.165) is 29.7 Å². The van der Waals surface area contributed by atoms with Crippen LogP contribution in [0.25, 0.3) is 0 Å². The molecule has 2 saturated carbocycles. The topological polar surface area (TPSA) is 84.8 Å². The fourth-order valence-electron chi connectivity index (χ4n) is 5.15. The number of fused-ring (bicyclic) bond motifs is 2. The van der Waals surface area contributed by atoms with Crippen molar-refractivity contribution in [1.29, 1.82) is 0 Å². The van der Waals surface area contributed by atoms with Crippen molar-refractivity contribution in [2.24, 2.45) is 16.3 Å². The maximum atomic E-state index is 12.1. The van der Waals surface area contributed by atoms with Crippen LogP contribution in [0.1, 0.15) is 72.9 Å². The van der Waals surface area contributed by atoms with Gasteiger partial charge in [0.05, 0.1) is 24.4 Å². The molecule has 4 unspecified atom stereocenters. The van der Waals surface area contributed by atoms with Gasteiger partial charge in [-0.3, -0.25) is 4.99 Å². The number of aliphatic imine (C=N–C) groups is 1. The monoisotopic (exact) mass is 548 g/mol. The van der Waals surface area contributed by atoms with Crippen molar-refractivity contribution >= 4 is 47.2 Å². The SMILES string of the molecule is CCN=C(NC(C)c1nc(C)c(C(=O)OCC)s1)NC1C2CCOC2C12CCC2.I. The molecule has 3 fully saturated rings. The number of carbonyl (C=O) groups excluding carboxylic acids is 1. The van der Waals surface area contributed by atoms with Crippen molar-refractivity contribution in [1.82, 2.24) is 15.6 Å². The van der Waals surface area contributed by atoms with Crippen LogP contribution in [0.5, 0.6) is 0 Å². The summed E-state index contributed by atoms with van der Waals surface area (Å²) in [4.78, 5) is 22.0. The van der Waals surface area contributed by atoms with Crippen molar-refractivity contribution in [2.75, 3.05) is 19.8 Å². The van der Waals surface area contributed by atoms with Crippen LogP contribution in [-0.2, 0) is 9.47 Å². The van der Waals surface area contributed by atoms with E-state index in [2.05, 4.69) is 27.5 Å². The van der Waals surface area contributed by atoms with Gasteiger partial charge < -0.3 is 20.1 Å². The second-order valence-electron chi connectivity index (χ2n) is 8.33. The number of aryl methyl sites for hydroxylation is 1. The highest BCUT2D eigenvalue weighted by atomic mass is 127. The highest BCUT2D eigenvalue weighted by molar-refractivity contribution is 14.0. The number of esters is 1. The van der Waals surface area contributed by atoms with Gasteiger partial charge in [-0.2, -0.15) is 0 Å². The fourth-order valence-corrected chi connectivity index (χ4v) is 6.11. The van der Waals surface area contributed by atoms with Gasteiger partial charge in [0.15, 0.2) is 5.96 Å². The van der Waals surface area contributed by atoms with E-state index in [-0.39, 0.29) is 36.0 Å². The predicted molar refractivity (Wildman–Crippen MR) is 129 cm³/mol. The Morgan fingerprint density at radius 1 is 1.43 bits per heavy atom. The average molecular weight is 548 g/mol. The molecule has 4 rings (SSSR count). The minimum atomic E-state index is -0.296. The number of nitrogens with zero attached hydrogens (tertiary/aromatic N) is 2. The summed E-state index contributed by atoms with van der Waals surface area (Å²) < 4.78 is 11.2. The molecule has 7 nitrogen and oxygen atoms in total. The Labute approximate surface area is 199 Å². The van der Waals surface area contributed by atoms with Crippen LogP contribution in [0.2, 0.25) is 0 Å². The van der Waals surface area contributed by atoms with Gasteiger partial charge >= 0.3 is 5.97 Å². The van der Waals surface area contributed by atoms with Gasteiger partial charge in [-0.05, 0) is 47.0 Å². The van der Waals surface area contributed by atoms with Crippen LogP contribution < -0.4 is 10.6 Å². The molecule has 30 heavy (non-hydrogen) atoms. The van der Waals surface area contributed by atoms with Gasteiger partial charge in [0.2, 0.25) is 0 Å². The number of hydrogen-bond donors (Lipinski definition) is 2. The number of guanidine groups is 1. The van der Waals surface area contributed by atoms with Crippen LogP contribution in [0.3, 0.4) is 0 Å². The molecule has 9 heteroatoms. The van der Waals surface area contributed by atoms with E-state index >= 15 is 0 Å². The number of hydrogen-bond acceptors (Lipinski definition) is 6. The van der Waals surface area contributed by atoms with Gasteiger partial charge in [-0.1, -0.05) is 6.42 Å². The first kappa shape index (κ1) is 23.7. The summed E-state index contributed by atoms with van der Waals surface area (Å²) in [5.41, 5.74) is 1.02. The molecule has 2 N–H and O–H groups in total. The zero-order valence-electron chi connectivity index (χ0n) is 18.2. The Balaban J connectivity index is 0.00000256. The number of rotatable bonds is 6. The van der Waals surface area contributed by atoms with Gasteiger partial charge in [-0.25, -0.2) is 9.78 Å². The highest BCUT2D eigenvalue weighted by Crippen LogP contribution is 2.62. The molecule has 1 aliphatic heterocycles. The lowest BCUT2D eigenvalue weighted by atomic mass is 9.46.